The Morgan fingerprint density at radius 1 is 1.40 bits per heavy atom. The summed E-state index contributed by atoms with van der Waals surface area (Å²) in [5, 5.41) is 19.0. The van der Waals surface area contributed by atoms with Gasteiger partial charge in [-0.15, -0.1) is 0 Å². The Hall–Kier alpha value is -1.88. The fraction of sp³-hybridized carbons (Fsp3) is 0.200. The second-order valence-corrected chi connectivity index (χ2v) is 3.19. The Labute approximate surface area is 86.5 Å². The van der Waals surface area contributed by atoms with E-state index < -0.39 is 0 Å². The van der Waals surface area contributed by atoms with Crippen molar-refractivity contribution in [3.63, 3.8) is 0 Å². The van der Waals surface area contributed by atoms with Crippen molar-refractivity contribution in [3.05, 3.63) is 29.8 Å². The van der Waals surface area contributed by atoms with E-state index in [-0.39, 0.29) is 12.4 Å². The third kappa shape index (κ3) is 1.57. The molecule has 0 aliphatic heterocycles. The molecule has 0 atom stereocenters. The van der Waals surface area contributed by atoms with Gasteiger partial charge in [0.25, 0.3) is 0 Å². The number of aromatic amines is 1. The third-order valence-electron chi connectivity index (χ3n) is 2.22. The Bertz CT molecular complexity index is 466. The first-order valence-electron chi connectivity index (χ1n) is 4.52. The molecule has 15 heavy (non-hydrogen) atoms. The van der Waals surface area contributed by atoms with E-state index in [1.807, 2.05) is 0 Å². The van der Waals surface area contributed by atoms with Gasteiger partial charge in [0.15, 0.2) is 0 Å². The molecule has 3 N–H and O–H groups in total. The molecule has 5 heteroatoms. The lowest BCUT2D eigenvalue weighted by molar-refractivity contribution is 0.281. The highest BCUT2D eigenvalue weighted by Gasteiger charge is 2.14. The van der Waals surface area contributed by atoms with Gasteiger partial charge in [-0.25, -0.2) is 4.98 Å². The number of nitrogens with zero attached hydrogens (tertiary/aromatic N) is 2. The van der Waals surface area contributed by atoms with Gasteiger partial charge < -0.3 is 15.2 Å². The SMILES string of the molecule is Cc1ncc(CO)c(-c2ncc[nH]2)c1O. The maximum atomic E-state index is 9.85. The fourth-order valence-electron chi connectivity index (χ4n) is 1.42. The number of hydrogen-bond acceptors (Lipinski definition) is 4. The van der Waals surface area contributed by atoms with Gasteiger partial charge in [-0.1, -0.05) is 0 Å². The minimum Gasteiger partial charge on any atom is -0.505 e. The summed E-state index contributed by atoms with van der Waals surface area (Å²) in [4.78, 5) is 10.9. The van der Waals surface area contributed by atoms with Gasteiger partial charge in [0, 0.05) is 24.2 Å². The highest BCUT2D eigenvalue weighted by Crippen LogP contribution is 2.31. The van der Waals surface area contributed by atoms with E-state index >= 15 is 0 Å². The summed E-state index contributed by atoms with van der Waals surface area (Å²) in [6.45, 7) is 1.51. The zero-order valence-corrected chi connectivity index (χ0v) is 8.23. The van der Waals surface area contributed by atoms with Crippen LogP contribution in [0.15, 0.2) is 18.6 Å². The number of hydrogen-bond donors (Lipinski definition) is 3. The number of nitrogens with one attached hydrogen (secondary N) is 1. The number of aromatic nitrogens is 3. The fourth-order valence-corrected chi connectivity index (χ4v) is 1.42. The zero-order valence-electron chi connectivity index (χ0n) is 8.23. The molecule has 2 aromatic rings. The van der Waals surface area contributed by atoms with Crippen LogP contribution in [0.5, 0.6) is 5.75 Å². The van der Waals surface area contributed by atoms with Crippen LogP contribution in [0.4, 0.5) is 0 Å². The van der Waals surface area contributed by atoms with Crippen molar-refractivity contribution in [1.82, 2.24) is 15.0 Å². The summed E-state index contributed by atoms with van der Waals surface area (Å²) in [5.74, 6) is 0.582. The predicted molar refractivity (Wildman–Crippen MR) is 54.1 cm³/mol. The summed E-state index contributed by atoms with van der Waals surface area (Å²) in [6.07, 6.45) is 4.78. The quantitative estimate of drug-likeness (QED) is 0.682. The summed E-state index contributed by atoms with van der Waals surface area (Å²) in [6, 6.07) is 0. The number of aliphatic hydroxyl groups excluding tert-OH is 1. The van der Waals surface area contributed by atoms with Crippen molar-refractivity contribution in [2.75, 3.05) is 0 Å². The summed E-state index contributed by atoms with van der Waals surface area (Å²) >= 11 is 0. The first kappa shape index (κ1) is 9.67. The third-order valence-corrected chi connectivity index (χ3v) is 2.22. The molecule has 5 nitrogen and oxygen atoms in total. The molecule has 2 rings (SSSR count). The van der Waals surface area contributed by atoms with E-state index in [0.29, 0.717) is 22.6 Å². The van der Waals surface area contributed by atoms with Crippen LogP contribution >= 0.6 is 0 Å². The average Bonchev–Trinajstić information content (AvgIpc) is 2.75. The maximum absolute atomic E-state index is 9.85. The van der Waals surface area contributed by atoms with Crippen LogP contribution in [0.3, 0.4) is 0 Å². The van der Waals surface area contributed by atoms with Crippen LogP contribution < -0.4 is 0 Å². The second kappa shape index (κ2) is 3.70. The number of aliphatic hydroxyl groups is 1. The zero-order chi connectivity index (χ0) is 10.8. The molecule has 0 spiro atoms. The molecule has 0 bridgehead atoms. The lowest BCUT2D eigenvalue weighted by Gasteiger charge is -2.08. The second-order valence-electron chi connectivity index (χ2n) is 3.19. The van der Waals surface area contributed by atoms with Crippen LogP contribution in [-0.4, -0.2) is 25.2 Å². The van der Waals surface area contributed by atoms with Gasteiger partial charge in [-0.05, 0) is 6.92 Å². The van der Waals surface area contributed by atoms with Crippen molar-refractivity contribution < 1.29 is 10.2 Å². The maximum Gasteiger partial charge on any atom is 0.148 e. The number of imidazole rings is 1. The van der Waals surface area contributed by atoms with E-state index in [1.165, 1.54) is 6.20 Å². The molecule has 78 valence electrons. The van der Waals surface area contributed by atoms with Crippen molar-refractivity contribution >= 4 is 0 Å². The monoisotopic (exact) mass is 205 g/mol. The Morgan fingerprint density at radius 2 is 2.20 bits per heavy atom. The summed E-state index contributed by atoms with van der Waals surface area (Å²) in [7, 11) is 0. The molecule has 0 radical (unpaired) electrons. The van der Waals surface area contributed by atoms with Crippen molar-refractivity contribution in [2.24, 2.45) is 0 Å². The molecule has 0 amide bonds. The Morgan fingerprint density at radius 3 is 2.80 bits per heavy atom. The van der Waals surface area contributed by atoms with Gasteiger partial charge in [-0.3, -0.25) is 4.98 Å². The normalized spacial score (nSPS) is 10.5. The molecule has 0 unspecified atom stereocenters. The first-order chi connectivity index (χ1) is 7.24. The average molecular weight is 205 g/mol. The molecule has 0 saturated carbocycles. The van der Waals surface area contributed by atoms with Crippen LogP contribution in [0.2, 0.25) is 0 Å². The molecule has 2 aromatic heterocycles. The van der Waals surface area contributed by atoms with Crippen LogP contribution in [0.25, 0.3) is 11.4 Å². The minimum atomic E-state index is -0.184. The van der Waals surface area contributed by atoms with Gasteiger partial charge in [-0.2, -0.15) is 0 Å². The number of aromatic hydroxyl groups is 1. The van der Waals surface area contributed by atoms with Crippen molar-refractivity contribution in [3.8, 4) is 17.1 Å². The molecular formula is C10H11N3O2. The van der Waals surface area contributed by atoms with E-state index in [0.717, 1.165) is 0 Å². The summed E-state index contributed by atoms with van der Waals surface area (Å²) in [5.41, 5.74) is 1.57. The van der Waals surface area contributed by atoms with E-state index in [4.69, 9.17) is 5.11 Å². The van der Waals surface area contributed by atoms with E-state index in [2.05, 4.69) is 15.0 Å². The molecule has 0 saturated heterocycles. The van der Waals surface area contributed by atoms with E-state index in [1.54, 1.807) is 19.3 Å². The topological polar surface area (TPSA) is 82.0 Å². The highest BCUT2D eigenvalue weighted by molar-refractivity contribution is 5.68. The van der Waals surface area contributed by atoms with Gasteiger partial charge >= 0.3 is 0 Å². The molecule has 0 aliphatic carbocycles. The molecular weight excluding hydrogens is 194 g/mol. The molecule has 0 aliphatic rings. The molecule has 0 aromatic carbocycles. The van der Waals surface area contributed by atoms with E-state index in [9.17, 15) is 5.11 Å². The van der Waals surface area contributed by atoms with Crippen molar-refractivity contribution in [2.45, 2.75) is 13.5 Å². The van der Waals surface area contributed by atoms with Crippen molar-refractivity contribution in [1.29, 1.82) is 0 Å². The minimum absolute atomic E-state index is 0.0523. The van der Waals surface area contributed by atoms with Gasteiger partial charge in [0.1, 0.15) is 11.6 Å². The largest absolute Gasteiger partial charge is 0.505 e. The first-order valence-corrected chi connectivity index (χ1v) is 4.52. The number of pyridine rings is 1. The number of rotatable bonds is 2. The smallest absolute Gasteiger partial charge is 0.148 e. The predicted octanol–water partition coefficient (Wildman–Crippen LogP) is 0.978. The highest BCUT2D eigenvalue weighted by atomic mass is 16.3. The molecule has 2 heterocycles. The van der Waals surface area contributed by atoms with Crippen LogP contribution in [0, 0.1) is 6.92 Å². The van der Waals surface area contributed by atoms with Crippen LogP contribution in [-0.2, 0) is 6.61 Å². The number of aryl methyl sites for hydroxylation is 1. The lowest BCUT2D eigenvalue weighted by atomic mass is 10.1. The summed E-state index contributed by atoms with van der Waals surface area (Å²) < 4.78 is 0. The lowest BCUT2D eigenvalue weighted by Crippen LogP contribution is -1.96. The Kier molecular flexibility index (Phi) is 2.39. The molecule has 0 fully saturated rings. The van der Waals surface area contributed by atoms with Gasteiger partial charge in [0.2, 0.25) is 0 Å². The van der Waals surface area contributed by atoms with Gasteiger partial charge in [0.05, 0.1) is 17.9 Å². The van der Waals surface area contributed by atoms with Crippen LogP contribution in [0.1, 0.15) is 11.3 Å². The number of H-pyrrole nitrogens is 1. The standard InChI is InChI=1S/C10H11N3O2/c1-6-9(15)8(7(5-14)4-13-6)10-11-2-3-12-10/h2-4,14-15H,5H2,1H3,(H,11,12). The Balaban J connectivity index is 2.67.